The summed E-state index contributed by atoms with van der Waals surface area (Å²) in [7, 11) is -4.25. The van der Waals surface area contributed by atoms with Crippen LogP contribution in [0.4, 0.5) is 5.69 Å². The van der Waals surface area contributed by atoms with Crippen molar-refractivity contribution in [2.75, 3.05) is 5.43 Å². The van der Waals surface area contributed by atoms with E-state index in [1.54, 1.807) is 18.2 Å². The molecule has 0 aliphatic carbocycles. The van der Waals surface area contributed by atoms with Gasteiger partial charge in [-0.25, -0.2) is 4.57 Å². The lowest BCUT2D eigenvalue weighted by atomic mass is 10.3. The molecule has 0 bridgehead atoms. The zero-order chi connectivity index (χ0) is 9.90. The highest BCUT2D eigenvalue weighted by Gasteiger charge is 2.10. The molecule has 5 nitrogen and oxygen atoms in total. The van der Waals surface area contributed by atoms with Crippen LogP contribution in [0.25, 0.3) is 0 Å². The normalized spacial score (nSPS) is 11.3. The number of anilines is 1. The first-order valence-corrected chi connectivity index (χ1v) is 5.31. The Morgan fingerprint density at radius 2 is 2.08 bits per heavy atom. The number of hydrogen-bond acceptors (Lipinski definition) is 2. The second-order valence-corrected chi connectivity index (χ2v) is 4.04. The molecule has 0 saturated heterocycles. The molecular weight excluding hydrogens is 215 g/mol. The summed E-state index contributed by atoms with van der Waals surface area (Å²) in [4.78, 5) is 16.9. The average Bonchev–Trinajstić information content (AvgIpc) is 2.00. The number of hydrogen-bond donors (Lipinski definition) is 4. The van der Waals surface area contributed by atoms with Crippen LogP contribution < -0.4 is 10.6 Å². The van der Waals surface area contributed by atoms with E-state index in [9.17, 15) is 4.57 Å². The first-order chi connectivity index (χ1) is 5.97. The Labute approximate surface area is 79.9 Å². The predicted octanol–water partition coefficient (Wildman–Crippen LogP) is 1.35. The zero-order valence-corrected chi connectivity index (χ0v) is 8.09. The molecule has 0 fully saturated rings. The highest BCUT2D eigenvalue weighted by atomic mass is 35.5. The Morgan fingerprint density at radius 1 is 1.38 bits per heavy atom. The molecule has 1 aromatic carbocycles. The summed E-state index contributed by atoms with van der Waals surface area (Å²) in [6, 6.07) is 6.47. The summed E-state index contributed by atoms with van der Waals surface area (Å²) < 4.78 is 10.4. The largest absolute Gasteiger partial charge is 0.417 e. The van der Waals surface area contributed by atoms with E-state index in [0.29, 0.717) is 10.7 Å². The molecule has 7 heteroatoms. The number of benzene rings is 1. The first kappa shape index (κ1) is 10.5. The van der Waals surface area contributed by atoms with Crippen molar-refractivity contribution in [2.24, 2.45) is 0 Å². The molecule has 0 aliphatic rings. The van der Waals surface area contributed by atoms with Gasteiger partial charge in [-0.3, -0.25) is 0 Å². The summed E-state index contributed by atoms with van der Waals surface area (Å²) in [5.41, 5.74) is 2.81. The topological polar surface area (TPSA) is 81.6 Å². The Balaban J connectivity index is 2.60. The van der Waals surface area contributed by atoms with Crippen LogP contribution in [0.5, 0.6) is 0 Å². The summed E-state index contributed by atoms with van der Waals surface area (Å²) in [5.74, 6) is 0. The monoisotopic (exact) mass is 222 g/mol. The maximum Gasteiger partial charge on any atom is 0.417 e. The van der Waals surface area contributed by atoms with E-state index in [2.05, 4.69) is 5.43 Å². The Kier molecular flexibility index (Phi) is 3.30. The van der Waals surface area contributed by atoms with E-state index in [4.69, 9.17) is 21.4 Å². The Bertz CT molecular complexity index is 340. The number of nitrogens with one attached hydrogen (secondary N) is 2. The molecule has 0 aliphatic heterocycles. The minimum absolute atomic E-state index is 0.482. The van der Waals surface area contributed by atoms with Crippen LogP contribution in [-0.2, 0) is 4.57 Å². The molecule has 0 heterocycles. The smallest absolute Gasteiger partial charge is 0.312 e. The maximum atomic E-state index is 10.4. The van der Waals surface area contributed by atoms with Gasteiger partial charge in [0.2, 0.25) is 0 Å². The van der Waals surface area contributed by atoms with Crippen LogP contribution in [0.1, 0.15) is 0 Å². The van der Waals surface area contributed by atoms with Gasteiger partial charge in [-0.1, -0.05) is 17.7 Å². The van der Waals surface area contributed by atoms with E-state index >= 15 is 0 Å². The molecular formula is C6H8ClN2O3P. The molecule has 1 aromatic rings. The molecule has 0 saturated carbocycles. The van der Waals surface area contributed by atoms with E-state index in [1.807, 2.05) is 5.20 Å². The summed E-state index contributed by atoms with van der Waals surface area (Å²) in [6.45, 7) is 0. The Hall–Kier alpha value is -0.580. The van der Waals surface area contributed by atoms with Crippen LogP contribution in [0, 0.1) is 0 Å². The van der Waals surface area contributed by atoms with Crippen LogP contribution in [0.15, 0.2) is 24.3 Å². The van der Waals surface area contributed by atoms with Crippen molar-refractivity contribution >= 4 is 25.0 Å². The van der Waals surface area contributed by atoms with Crippen molar-refractivity contribution in [3.8, 4) is 0 Å². The molecule has 1 rings (SSSR count). The number of rotatable bonds is 3. The third-order valence-corrected chi connectivity index (χ3v) is 1.81. The fraction of sp³-hybridized carbons (Fsp3) is 0. The molecule has 0 radical (unpaired) electrons. The molecule has 72 valence electrons. The van der Waals surface area contributed by atoms with E-state index in [1.165, 1.54) is 6.07 Å². The number of halogens is 1. The van der Waals surface area contributed by atoms with Crippen LogP contribution in [-0.4, -0.2) is 9.79 Å². The van der Waals surface area contributed by atoms with Gasteiger partial charge >= 0.3 is 7.75 Å². The van der Waals surface area contributed by atoms with Crippen molar-refractivity contribution in [1.82, 2.24) is 5.20 Å². The third kappa shape index (κ3) is 4.26. The van der Waals surface area contributed by atoms with Gasteiger partial charge in [0.1, 0.15) is 0 Å². The third-order valence-electron chi connectivity index (χ3n) is 1.17. The van der Waals surface area contributed by atoms with Gasteiger partial charge < -0.3 is 15.2 Å². The van der Waals surface area contributed by atoms with Crippen molar-refractivity contribution in [3.05, 3.63) is 29.3 Å². The first-order valence-electron chi connectivity index (χ1n) is 3.32. The van der Waals surface area contributed by atoms with Crippen molar-refractivity contribution < 1.29 is 14.4 Å². The lowest BCUT2D eigenvalue weighted by Gasteiger charge is -2.08. The van der Waals surface area contributed by atoms with Gasteiger partial charge in [-0.2, -0.15) is 0 Å². The van der Waals surface area contributed by atoms with Crippen LogP contribution in [0.2, 0.25) is 5.02 Å². The maximum absolute atomic E-state index is 10.4. The molecule has 0 atom stereocenters. The lowest BCUT2D eigenvalue weighted by molar-refractivity contribution is 0.362. The van der Waals surface area contributed by atoms with Gasteiger partial charge in [0.25, 0.3) is 0 Å². The Morgan fingerprint density at radius 3 is 2.62 bits per heavy atom. The highest BCUT2D eigenvalue weighted by molar-refractivity contribution is 7.49. The molecule has 0 spiro atoms. The zero-order valence-electron chi connectivity index (χ0n) is 6.44. The van der Waals surface area contributed by atoms with Gasteiger partial charge in [-0.15, -0.1) is 5.20 Å². The van der Waals surface area contributed by atoms with Gasteiger partial charge in [0, 0.05) is 5.02 Å². The van der Waals surface area contributed by atoms with E-state index in [-0.39, 0.29) is 0 Å². The predicted molar refractivity (Wildman–Crippen MR) is 50.3 cm³/mol. The van der Waals surface area contributed by atoms with Crippen LogP contribution >= 0.6 is 19.3 Å². The fourth-order valence-corrected chi connectivity index (χ4v) is 1.17. The standard InChI is InChI=1S/C6H8ClN2O3P/c7-5-2-1-3-6(4-5)8-9-13(10,11)12/h1-4,8H,(H3,9,10,11,12). The van der Waals surface area contributed by atoms with Gasteiger partial charge in [0.15, 0.2) is 0 Å². The van der Waals surface area contributed by atoms with Gasteiger partial charge in [0.05, 0.1) is 5.69 Å². The van der Waals surface area contributed by atoms with E-state index < -0.39 is 7.75 Å². The van der Waals surface area contributed by atoms with Crippen LogP contribution in [0.3, 0.4) is 0 Å². The highest BCUT2D eigenvalue weighted by Crippen LogP contribution is 2.28. The van der Waals surface area contributed by atoms with Crippen molar-refractivity contribution in [3.63, 3.8) is 0 Å². The lowest BCUT2D eigenvalue weighted by Crippen LogP contribution is -2.17. The molecule has 0 amide bonds. The molecule has 0 unspecified atom stereocenters. The quantitative estimate of drug-likeness (QED) is 0.459. The average molecular weight is 223 g/mol. The van der Waals surface area contributed by atoms with Crippen molar-refractivity contribution in [1.29, 1.82) is 0 Å². The second-order valence-electron chi connectivity index (χ2n) is 2.29. The fourth-order valence-electron chi connectivity index (χ4n) is 0.704. The molecule has 0 aromatic heterocycles. The SMILES string of the molecule is O=P(O)(O)NNc1cccc(Cl)c1. The minimum atomic E-state index is -4.25. The summed E-state index contributed by atoms with van der Waals surface area (Å²) in [6.07, 6.45) is 0. The second kappa shape index (κ2) is 4.09. The summed E-state index contributed by atoms with van der Waals surface area (Å²) in [5, 5.41) is 2.31. The minimum Gasteiger partial charge on any atom is -0.312 e. The number of hydrazine groups is 1. The van der Waals surface area contributed by atoms with Gasteiger partial charge in [-0.05, 0) is 18.2 Å². The van der Waals surface area contributed by atoms with Crippen molar-refractivity contribution in [2.45, 2.75) is 0 Å². The van der Waals surface area contributed by atoms with E-state index in [0.717, 1.165) is 0 Å². The summed E-state index contributed by atoms with van der Waals surface area (Å²) >= 11 is 5.63. The molecule has 4 N–H and O–H groups in total. The molecule has 13 heavy (non-hydrogen) atoms.